The first-order valence-corrected chi connectivity index (χ1v) is 10.0. The molecule has 0 saturated carbocycles. The zero-order valence-corrected chi connectivity index (χ0v) is 15.9. The van der Waals surface area contributed by atoms with Crippen LogP contribution in [0.3, 0.4) is 0 Å². The van der Waals surface area contributed by atoms with Gasteiger partial charge >= 0.3 is 6.18 Å². The summed E-state index contributed by atoms with van der Waals surface area (Å²) in [7, 11) is -2.27. The summed E-state index contributed by atoms with van der Waals surface area (Å²) < 4.78 is 64.8. The van der Waals surface area contributed by atoms with Gasteiger partial charge in [-0.15, -0.1) is 0 Å². The van der Waals surface area contributed by atoms with Gasteiger partial charge in [0.15, 0.2) is 0 Å². The molecule has 2 aromatic rings. The summed E-state index contributed by atoms with van der Waals surface area (Å²) in [5.41, 5.74) is 2.58. The molecule has 8 heteroatoms. The van der Waals surface area contributed by atoms with Gasteiger partial charge in [-0.1, -0.05) is 30.3 Å². The lowest BCUT2D eigenvalue weighted by atomic mass is 9.96. The number of hydrogen-bond donors (Lipinski definition) is 1. The maximum absolute atomic E-state index is 13.1. The second kappa shape index (κ2) is 7.16. The van der Waals surface area contributed by atoms with Crippen LogP contribution in [0.4, 0.5) is 18.9 Å². The largest absolute Gasteiger partial charge is 0.389 e. The molecule has 0 aliphatic carbocycles. The number of hydrogen-bond acceptors (Lipinski definition) is 3. The van der Waals surface area contributed by atoms with E-state index < -0.39 is 28.7 Å². The Bertz CT molecular complexity index is 942. The van der Waals surface area contributed by atoms with Crippen molar-refractivity contribution in [3.8, 4) is 0 Å². The molecule has 3 rings (SSSR count). The summed E-state index contributed by atoms with van der Waals surface area (Å²) in [4.78, 5) is 0.175. The van der Waals surface area contributed by atoms with Gasteiger partial charge in [0, 0.05) is 13.5 Å². The normalized spacial score (nSPS) is 18.6. The Hall–Kier alpha value is -2.06. The van der Waals surface area contributed by atoms with Gasteiger partial charge in [-0.3, -0.25) is 4.31 Å². The van der Waals surface area contributed by atoms with E-state index in [1.165, 1.54) is 11.4 Å². The molecule has 1 aliphatic heterocycles. The molecular weight excluding hydrogens is 377 g/mol. The number of halogens is 3. The zero-order valence-electron chi connectivity index (χ0n) is 15.0. The van der Waals surface area contributed by atoms with Gasteiger partial charge in [0.25, 0.3) is 10.0 Å². The average molecular weight is 398 g/mol. The van der Waals surface area contributed by atoms with E-state index in [0.29, 0.717) is 11.3 Å². The minimum Gasteiger partial charge on any atom is -0.306 e. The van der Waals surface area contributed by atoms with Crippen molar-refractivity contribution < 1.29 is 21.6 Å². The molecule has 0 amide bonds. The summed E-state index contributed by atoms with van der Waals surface area (Å²) in [5.74, 6) is 0. The van der Waals surface area contributed by atoms with Gasteiger partial charge in [-0.05, 0) is 48.7 Å². The molecule has 4 nitrogen and oxygen atoms in total. The quantitative estimate of drug-likeness (QED) is 0.787. The number of nitrogens with one attached hydrogen (secondary N) is 1. The van der Waals surface area contributed by atoms with E-state index >= 15 is 0 Å². The molecule has 0 spiro atoms. The van der Waals surface area contributed by atoms with Crippen molar-refractivity contribution in [2.24, 2.45) is 0 Å². The topological polar surface area (TPSA) is 49.4 Å². The molecule has 1 aliphatic rings. The van der Waals surface area contributed by atoms with E-state index in [1.54, 1.807) is 43.3 Å². The molecule has 0 aromatic heterocycles. The number of alkyl halides is 3. The zero-order chi connectivity index (χ0) is 19.8. The Kier molecular flexibility index (Phi) is 5.22. The molecule has 1 heterocycles. The van der Waals surface area contributed by atoms with Gasteiger partial charge in [0.05, 0.1) is 16.6 Å². The minimum absolute atomic E-state index is 0.0774. The minimum atomic E-state index is -4.21. The molecule has 2 aromatic carbocycles. The third-order valence-electron chi connectivity index (χ3n) is 4.69. The maximum Gasteiger partial charge on any atom is 0.389 e. The first-order chi connectivity index (χ1) is 12.6. The van der Waals surface area contributed by atoms with E-state index in [4.69, 9.17) is 0 Å². The number of fused-ring (bicyclic) bond motifs is 2. The van der Waals surface area contributed by atoms with Crippen molar-refractivity contribution in [2.75, 3.05) is 17.9 Å². The monoisotopic (exact) mass is 398 g/mol. The summed E-state index contributed by atoms with van der Waals surface area (Å²) in [6, 6.07) is 11.7. The average Bonchev–Trinajstić information content (AvgIpc) is 2.66. The summed E-state index contributed by atoms with van der Waals surface area (Å²) in [6.07, 6.45) is -5.17. The van der Waals surface area contributed by atoms with Crippen LogP contribution >= 0.6 is 0 Å². The first kappa shape index (κ1) is 19.7. The highest BCUT2D eigenvalue weighted by Crippen LogP contribution is 2.40. The SMILES string of the molecule is Cc1ccc2c(c1)S(=O)(=O)N(C)c1ccccc1C2NCCCC(F)(F)F. The number of anilines is 1. The van der Waals surface area contributed by atoms with Crippen LogP contribution in [0.25, 0.3) is 0 Å². The first-order valence-electron chi connectivity index (χ1n) is 8.60. The van der Waals surface area contributed by atoms with E-state index in [1.807, 2.05) is 6.07 Å². The van der Waals surface area contributed by atoms with Crippen molar-refractivity contribution in [1.29, 1.82) is 0 Å². The molecule has 0 bridgehead atoms. The number of nitrogens with zero attached hydrogens (tertiary/aromatic N) is 1. The van der Waals surface area contributed by atoms with E-state index in [9.17, 15) is 21.6 Å². The Morgan fingerprint density at radius 3 is 2.52 bits per heavy atom. The van der Waals surface area contributed by atoms with Gasteiger partial charge in [-0.25, -0.2) is 8.42 Å². The van der Waals surface area contributed by atoms with Gasteiger partial charge in [-0.2, -0.15) is 13.2 Å². The predicted molar refractivity (Wildman–Crippen MR) is 98.3 cm³/mol. The fourth-order valence-corrected chi connectivity index (χ4v) is 4.86. The fourth-order valence-electron chi connectivity index (χ4n) is 3.32. The van der Waals surface area contributed by atoms with Gasteiger partial charge in [0.2, 0.25) is 0 Å². The van der Waals surface area contributed by atoms with Crippen LogP contribution in [0.15, 0.2) is 47.4 Å². The Morgan fingerprint density at radius 2 is 1.81 bits per heavy atom. The molecule has 146 valence electrons. The molecule has 1 atom stereocenters. The number of rotatable bonds is 4. The van der Waals surface area contributed by atoms with Crippen LogP contribution in [-0.4, -0.2) is 28.2 Å². The molecule has 0 saturated heterocycles. The lowest BCUT2D eigenvalue weighted by molar-refractivity contribution is -0.135. The van der Waals surface area contributed by atoms with Gasteiger partial charge < -0.3 is 5.32 Å². The van der Waals surface area contributed by atoms with Gasteiger partial charge in [0.1, 0.15) is 0 Å². The highest BCUT2D eigenvalue weighted by molar-refractivity contribution is 7.92. The van der Waals surface area contributed by atoms with Crippen molar-refractivity contribution in [3.05, 3.63) is 59.2 Å². The smallest absolute Gasteiger partial charge is 0.306 e. The van der Waals surface area contributed by atoms with Crippen molar-refractivity contribution in [2.45, 2.75) is 36.9 Å². The van der Waals surface area contributed by atoms with Crippen molar-refractivity contribution in [1.82, 2.24) is 5.32 Å². The highest BCUT2D eigenvalue weighted by atomic mass is 32.2. The summed E-state index contributed by atoms with van der Waals surface area (Å²) >= 11 is 0. The Balaban J connectivity index is 2.05. The van der Waals surface area contributed by atoms with Crippen molar-refractivity contribution in [3.63, 3.8) is 0 Å². The van der Waals surface area contributed by atoms with Crippen LogP contribution < -0.4 is 9.62 Å². The standard InChI is InChI=1S/C19H21F3N2O2S/c1-13-8-9-15-17(12-13)27(25,26)24(2)16-7-4-3-6-14(16)18(15)23-11-5-10-19(20,21)22/h3-4,6-9,12,18,23H,5,10-11H2,1-2H3. The third kappa shape index (κ3) is 3.96. The molecular formula is C19H21F3N2O2S. The van der Waals surface area contributed by atoms with Crippen LogP contribution in [0, 0.1) is 6.92 Å². The van der Waals surface area contributed by atoms with Crippen LogP contribution in [0.5, 0.6) is 0 Å². The predicted octanol–water partition coefficient (Wildman–Crippen LogP) is 4.16. The molecule has 0 fully saturated rings. The lowest BCUT2D eigenvalue weighted by Gasteiger charge is -2.22. The molecule has 0 radical (unpaired) electrons. The van der Waals surface area contributed by atoms with Crippen molar-refractivity contribution >= 4 is 15.7 Å². The van der Waals surface area contributed by atoms with E-state index in [-0.39, 0.29) is 17.9 Å². The maximum atomic E-state index is 13.1. The van der Waals surface area contributed by atoms with Crippen LogP contribution in [0.2, 0.25) is 0 Å². The van der Waals surface area contributed by atoms with E-state index in [2.05, 4.69) is 5.32 Å². The van der Waals surface area contributed by atoms with E-state index in [0.717, 1.165) is 11.1 Å². The number of sulfonamides is 1. The molecule has 1 unspecified atom stereocenters. The second-order valence-corrected chi connectivity index (χ2v) is 8.62. The molecule has 1 N–H and O–H groups in total. The Morgan fingerprint density at radius 1 is 1.11 bits per heavy atom. The second-order valence-electron chi connectivity index (χ2n) is 6.68. The summed E-state index contributed by atoms with van der Waals surface area (Å²) in [6.45, 7) is 1.93. The van der Waals surface area contributed by atoms with Crippen LogP contribution in [-0.2, 0) is 10.0 Å². The fraction of sp³-hybridized carbons (Fsp3) is 0.368. The molecule has 27 heavy (non-hydrogen) atoms. The number of benzene rings is 2. The lowest BCUT2D eigenvalue weighted by Crippen LogP contribution is -2.26. The highest BCUT2D eigenvalue weighted by Gasteiger charge is 2.35. The Labute approximate surface area is 157 Å². The third-order valence-corrected chi connectivity index (χ3v) is 6.52. The van der Waals surface area contributed by atoms with Crippen LogP contribution in [0.1, 0.15) is 35.6 Å². The summed E-state index contributed by atoms with van der Waals surface area (Å²) in [5, 5.41) is 3.13. The number of aryl methyl sites for hydroxylation is 1. The number of para-hydroxylation sites is 1.